The highest BCUT2D eigenvalue weighted by Gasteiger charge is 2.04. The molecule has 0 aliphatic rings. The molecule has 1 N–H and O–H groups in total. The van der Waals surface area contributed by atoms with Gasteiger partial charge in [-0.15, -0.1) is 23.5 Å². The summed E-state index contributed by atoms with van der Waals surface area (Å²) in [4.78, 5) is 14.5. The zero-order valence-electron chi connectivity index (χ0n) is 14.7. The summed E-state index contributed by atoms with van der Waals surface area (Å²) in [6, 6.07) is 26.1. The van der Waals surface area contributed by atoms with Gasteiger partial charge in [0.2, 0.25) is 5.91 Å². The topological polar surface area (TPSA) is 29.1 Å². The summed E-state index contributed by atoms with van der Waals surface area (Å²) in [5.41, 5.74) is 2.07. The summed E-state index contributed by atoms with van der Waals surface area (Å²) >= 11 is 9.33. The highest BCUT2D eigenvalue weighted by molar-refractivity contribution is 7.99. The van der Waals surface area contributed by atoms with Gasteiger partial charge < -0.3 is 5.32 Å². The smallest absolute Gasteiger partial charge is 0.225 e. The van der Waals surface area contributed by atoms with E-state index in [1.54, 1.807) is 23.5 Å². The second kappa shape index (κ2) is 10.5. The van der Waals surface area contributed by atoms with E-state index in [0.29, 0.717) is 6.42 Å². The van der Waals surface area contributed by atoms with Crippen LogP contribution in [0.3, 0.4) is 0 Å². The quantitative estimate of drug-likeness (QED) is 0.414. The van der Waals surface area contributed by atoms with Gasteiger partial charge in [0.15, 0.2) is 0 Å². The molecule has 0 spiro atoms. The van der Waals surface area contributed by atoms with Crippen LogP contribution < -0.4 is 5.32 Å². The Morgan fingerprint density at radius 3 is 2.19 bits per heavy atom. The summed E-state index contributed by atoms with van der Waals surface area (Å²) < 4.78 is 0. The van der Waals surface area contributed by atoms with Crippen molar-refractivity contribution in [3.05, 3.63) is 89.4 Å². The molecule has 0 aliphatic heterocycles. The Balaban J connectivity index is 1.40. The molecule has 2 nitrogen and oxygen atoms in total. The van der Waals surface area contributed by atoms with Crippen molar-refractivity contribution in [1.29, 1.82) is 0 Å². The van der Waals surface area contributed by atoms with Crippen molar-refractivity contribution in [2.75, 3.05) is 11.1 Å². The molecule has 3 aromatic rings. The fourth-order valence-electron chi connectivity index (χ4n) is 2.38. The Labute approximate surface area is 173 Å². The van der Waals surface area contributed by atoms with E-state index in [2.05, 4.69) is 29.6 Å². The zero-order valence-corrected chi connectivity index (χ0v) is 17.1. The maximum atomic E-state index is 12.1. The first-order valence-electron chi connectivity index (χ1n) is 8.64. The summed E-state index contributed by atoms with van der Waals surface area (Å²) in [6.07, 6.45) is 0.471. The van der Waals surface area contributed by atoms with Crippen molar-refractivity contribution in [2.24, 2.45) is 0 Å². The average molecular weight is 414 g/mol. The molecular formula is C22H20ClNOS2. The second-order valence-electron chi connectivity index (χ2n) is 5.90. The summed E-state index contributed by atoms with van der Waals surface area (Å²) in [7, 11) is 0. The molecule has 5 heteroatoms. The Bertz CT molecular complexity index is 852. The standard InChI is InChI=1S/C22H20ClNOS2/c23-18-8-12-21(13-9-18)26-15-14-22(25)24-19-10-6-17(7-11-19)16-27-20-4-2-1-3-5-20/h1-13H,14-16H2,(H,24,25). The number of halogens is 1. The van der Waals surface area contributed by atoms with Crippen molar-refractivity contribution >= 4 is 46.7 Å². The molecule has 0 saturated carbocycles. The van der Waals surface area contributed by atoms with Crippen molar-refractivity contribution in [1.82, 2.24) is 0 Å². The lowest BCUT2D eigenvalue weighted by Crippen LogP contribution is -2.12. The van der Waals surface area contributed by atoms with Crippen LogP contribution in [0.4, 0.5) is 5.69 Å². The largest absolute Gasteiger partial charge is 0.326 e. The van der Waals surface area contributed by atoms with Gasteiger partial charge >= 0.3 is 0 Å². The highest BCUT2D eigenvalue weighted by atomic mass is 35.5. The maximum Gasteiger partial charge on any atom is 0.225 e. The van der Waals surface area contributed by atoms with Gasteiger partial charge in [-0.25, -0.2) is 0 Å². The summed E-state index contributed by atoms with van der Waals surface area (Å²) in [6.45, 7) is 0. The van der Waals surface area contributed by atoms with Gasteiger partial charge in [-0.3, -0.25) is 4.79 Å². The van der Waals surface area contributed by atoms with E-state index in [1.807, 2.05) is 54.6 Å². The Morgan fingerprint density at radius 1 is 0.815 bits per heavy atom. The minimum absolute atomic E-state index is 0.0304. The minimum Gasteiger partial charge on any atom is -0.326 e. The molecule has 0 aliphatic carbocycles. The molecule has 0 bridgehead atoms. The van der Waals surface area contributed by atoms with Crippen LogP contribution in [-0.4, -0.2) is 11.7 Å². The lowest BCUT2D eigenvalue weighted by atomic mass is 10.2. The van der Waals surface area contributed by atoms with Gasteiger partial charge in [-0.1, -0.05) is 41.9 Å². The van der Waals surface area contributed by atoms with Gasteiger partial charge in [0, 0.05) is 38.4 Å². The Morgan fingerprint density at radius 2 is 1.48 bits per heavy atom. The summed E-state index contributed by atoms with van der Waals surface area (Å²) in [5, 5.41) is 3.68. The monoisotopic (exact) mass is 413 g/mol. The third-order valence-electron chi connectivity index (χ3n) is 3.80. The van der Waals surface area contributed by atoms with Gasteiger partial charge in [0.25, 0.3) is 0 Å². The number of hydrogen-bond acceptors (Lipinski definition) is 3. The van der Waals surface area contributed by atoms with Crippen LogP contribution in [0.1, 0.15) is 12.0 Å². The first-order chi connectivity index (χ1) is 13.2. The molecule has 0 aromatic heterocycles. The van der Waals surface area contributed by atoms with E-state index < -0.39 is 0 Å². The molecule has 0 unspecified atom stereocenters. The highest BCUT2D eigenvalue weighted by Crippen LogP contribution is 2.23. The SMILES string of the molecule is O=C(CCSc1ccc(Cl)cc1)Nc1ccc(CSc2ccccc2)cc1. The van der Waals surface area contributed by atoms with Gasteiger partial charge in [0.05, 0.1) is 0 Å². The average Bonchev–Trinajstić information content (AvgIpc) is 2.70. The van der Waals surface area contributed by atoms with E-state index >= 15 is 0 Å². The van der Waals surface area contributed by atoms with Crippen molar-refractivity contribution in [3.8, 4) is 0 Å². The second-order valence-corrected chi connectivity index (χ2v) is 8.55. The first-order valence-corrected chi connectivity index (χ1v) is 11.0. The molecule has 0 saturated heterocycles. The van der Waals surface area contributed by atoms with E-state index in [9.17, 15) is 4.79 Å². The van der Waals surface area contributed by atoms with E-state index in [-0.39, 0.29) is 5.91 Å². The molecule has 0 atom stereocenters. The van der Waals surface area contributed by atoms with Crippen LogP contribution in [0.25, 0.3) is 0 Å². The van der Waals surface area contributed by atoms with Gasteiger partial charge in [-0.05, 0) is 54.1 Å². The molecule has 0 radical (unpaired) electrons. The number of carbonyl (C=O) groups excluding carboxylic acids is 1. The zero-order chi connectivity index (χ0) is 18.9. The van der Waals surface area contributed by atoms with Crippen LogP contribution in [0.2, 0.25) is 5.02 Å². The lowest BCUT2D eigenvalue weighted by Gasteiger charge is -2.07. The molecular weight excluding hydrogens is 394 g/mol. The van der Waals surface area contributed by atoms with Crippen molar-refractivity contribution in [3.63, 3.8) is 0 Å². The van der Waals surface area contributed by atoms with Crippen LogP contribution in [0.5, 0.6) is 0 Å². The Kier molecular flexibility index (Phi) is 7.69. The molecule has 27 heavy (non-hydrogen) atoms. The normalized spacial score (nSPS) is 10.6. The molecule has 0 heterocycles. The van der Waals surface area contributed by atoms with Gasteiger partial charge in [-0.2, -0.15) is 0 Å². The molecule has 3 rings (SSSR count). The molecule has 0 fully saturated rings. The molecule has 3 aromatic carbocycles. The van der Waals surface area contributed by atoms with Crippen LogP contribution in [-0.2, 0) is 10.5 Å². The number of carbonyl (C=O) groups is 1. The van der Waals surface area contributed by atoms with Crippen LogP contribution in [0.15, 0.2) is 88.7 Å². The minimum atomic E-state index is 0.0304. The maximum absolute atomic E-state index is 12.1. The summed E-state index contributed by atoms with van der Waals surface area (Å²) in [5.74, 6) is 1.68. The molecule has 138 valence electrons. The van der Waals surface area contributed by atoms with Crippen molar-refractivity contribution in [2.45, 2.75) is 22.0 Å². The number of nitrogens with one attached hydrogen (secondary N) is 1. The van der Waals surface area contributed by atoms with Crippen molar-refractivity contribution < 1.29 is 4.79 Å². The lowest BCUT2D eigenvalue weighted by molar-refractivity contribution is -0.115. The fraction of sp³-hybridized carbons (Fsp3) is 0.136. The van der Waals surface area contributed by atoms with Crippen LogP contribution >= 0.6 is 35.1 Å². The van der Waals surface area contributed by atoms with Gasteiger partial charge in [0.1, 0.15) is 0 Å². The number of hydrogen-bond donors (Lipinski definition) is 1. The van der Waals surface area contributed by atoms with E-state index in [0.717, 1.165) is 27.1 Å². The predicted octanol–water partition coefficient (Wildman–Crippen LogP) is 6.75. The number of rotatable bonds is 8. The van der Waals surface area contributed by atoms with E-state index in [1.165, 1.54) is 10.5 Å². The fourth-order valence-corrected chi connectivity index (χ4v) is 4.24. The van der Waals surface area contributed by atoms with E-state index in [4.69, 9.17) is 11.6 Å². The predicted molar refractivity (Wildman–Crippen MR) is 118 cm³/mol. The van der Waals surface area contributed by atoms with Crippen LogP contribution in [0, 0.1) is 0 Å². The third-order valence-corrected chi connectivity index (χ3v) is 6.15. The number of anilines is 1. The number of amides is 1. The first kappa shape index (κ1) is 19.9. The number of benzene rings is 3. The third kappa shape index (κ3) is 6.98. The number of thioether (sulfide) groups is 2. The Hall–Kier alpha value is -1.88. The molecule has 1 amide bonds.